The number of amides is 1. The molecular weight excluding hydrogens is 348 g/mol. The lowest BCUT2D eigenvalue weighted by molar-refractivity contribution is -0.118. The van der Waals surface area contributed by atoms with Gasteiger partial charge in [0, 0.05) is 15.7 Å². The minimum atomic E-state index is -0.544. The normalized spacial score (nSPS) is 10.2. The summed E-state index contributed by atoms with van der Waals surface area (Å²) in [5.41, 5.74) is 25.4. The second kappa shape index (κ2) is 38.9. The predicted molar refractivity (Wildman–Crippen MR) is 120 cm³/mol. The van der Waals surface area contributed by atoms with Crippen molar-refractivity contribution in [2.45, 2.75) is 74.9 Å². The zero-order valence-corrected chi connectivity index (χ0v) is 13.2. The molecule has 0 bridgehead atoms. The first-order valence-corrected chi connectivity index (χ1v) is 6.37. The molecule has 9 heteroatoms. The summed E-state index contributed by atoms with van der Waals surface area (Å²) in [4.78, 5) is 33.7. The molecule has 0 saturated heterocycles. The van der Waals surface area contributed by atoms with Gasteiger partial charge in [-0.05, 0) is 19.3 Å². The Morgan fingerprint density at radius 3 is 1.70 bits per heavy atom. The van der Waals surface area contributed by atoms with Crippen LogP contribution in [0.1, 0.15) is 66.9 Å². The minimum Gasteiger partial charge on any atom is -0.370 e. The maximum atomic E-state index is 10.1. The largest absolute Gasteiger partial charge is 0.370 e. The number of primary amides is 1. The van der Waals surface area contributed by atoms with Crippen molar-refractivity contribution in [3.63, 3.8) is 0 Å². The van der Waals surface area contributed by atoms with Gasteiger partial charge in [0.1, 0.15) is 13.9 Å². The van der Waals surface area contributed by atoms with Crippen molar-refractivity contribution < 1.29 is 18.5 Å². The van der Waals surface area contributed by atoms with Crippen LogP contribution >= 0.6 is 0 Å². The topological polar surface area (TPSA) is 194 Å². The third-order valence-corrected chi connectivity index (χ3v) is 2.06. The van der Waals surface area contributed by atoms with Crippen LogP contribution < -0.4 is 28.7 Å². The van der Waals surface area contributed by atoms with Crippen molar-refractivity contribution in [2.24, 2.45) is 33.7 Å². The molecule has 2 atom stereocenters. The van der Waals surface area contributed by atoms with Gasteiger partial charge >= 0.3 is 0 Å². The lowest BCUT2D eigenvalue weighted by atomic mass is 10.2. The highest BCUT2D eigenvalue weighted by molar-refractivity contribution is 5.75. The van der Waals surface area contributed by atoms with E-state index in [1.165, 1.54) is 6.40 Å². The molecule has 0 aromatic rings. The van der Waals surface area contributed by atoms with Gasteiger partial charge in [0.25, 0.3) is 0 Å². The molecule has 0 aromatic carbocycles. The lowest BCUT2D eigenvalue weighted by Crippen LogP contribution is -2.24. The lowest BCUT2D eigenvalue weighted by Gasteiger charge is -2.00. The summed E-state index contributed by atoms with van der Waals surface area (Å²) in [6.07, 6.45) is 8.97. The standard InChI is InChI=1S/C6H14N4O.C5H10N2O2.C2H2.5CH4/c7-5(4-11)2-1-3-10-6(8)9;6-4(3-8)1-2-5(7)9;1-2;;;;;/h4-5H,1-3,7H2,(H4,8,9,10);3-4H,1-2,6H2,(H2,7,9);1-2H;5*1H4/t5-;4-;;;;;;/m11....../s1/i;;1T;1T2;;;;. The molecular formula is C18H46N6O3. The minimum absolute atomic E-state index is 0. The summed E-state index contributed by atoms with van der Waals surface area (Å²) in [7, 11) is -0.250. The molecule has 0 aliphatic carbocycles. The average molecular weight is 401 g/mol. The van der Waals surface area contributed by atoms with Crippen molar-refractivity contribution in [2.75, 3.05) is 6.54 Å². The Kier molecular flexibility index (Phi) is 51.3. The van der Waals surface area contributed by atoms with E-state index < -0.39 is 11.9 Å². The smallest absolute Gasteiger partial charge is 0.217 e. The molecule has 0 radical (unpaired) electrons. The number of terminal acetylenes is 1. The van der Waals surface area contributed by atoms with E-state index in [1.807, 2.05) is 0 Å². The Hall–Kier alpha value is -2.44. The Balaban J connectivity index is -0.0000000387. The summed E-state index contributed by atoms with van der Waals surface area (Å²) >= 11 is 0. The van der Waals surface area contributed by atoms with E-state index in [0.29, 0.717) is 25.7 Å². The fourth-order valence-electron chi connectivity index (χ4n) is 0.980. The molecule has 10 N–H and O–H groups in total. The van der Waals surface area contributed by atoms with E-state index in [0.717, 1.165) is 12.7 Å². The zero-order chi connectivity index (χ0) is 21.4. The van der Waals surface area contributed by atoms with Gasteiger partial charge in [0.2, 0.25) is 5.91 Å². The monoisotopic (exact) mass is 400 g/mol. The van der Waals surface area contributed by atoms with E-state index in [9.17, 15) is 14.4 Å². The van der Waals surface area contributed by atoms with Gasteiger partial charge in [-0.1, -0.05) is 37.1 Å². The van der Waals surface area contributed by atoms with Gasteiger partial charge in [0.05, 0.1) is 12.1 Å². The molecule has 0 aliphatic heterocycles. The number of hydrogen-bond acceptors (Lipinski definition) is 6. The van der Waals surface area contributed by atoms with Crippen LogP contribution in [-0.2, 0) is 14.4 Å². The van der Waals surface area contributed by atoms with Crippen LogP contribution in [0.25, 0.3) is 0 Å². The number of rotatable bonds is 9. The van der Waals surface area contributed by atoms with Crippen molar-refractivity contribution in [3.8, 4) is 12.8 Å². The fourth-order valence-corrected chi connectivity index (χ4v) is 0.980. The summed E-state index contributed by atoms with van der Waals surface area (Å²) in [6.45, 7) is 0.532. The summed E-state index contributed by atoms with van der Waals surface area (Å²) in [5, 5.41) is 0. The van der Waals surface area contributed by atoms with Crippen LogP contribution in [0.5, 0.6) is 0 Å². The van der Waals surface area contributed by atoms with Gasteiger partial charge < -0.3 is 38.3 Å². The first-order valence-electron chi connectivity index (χ1n) is 8.29. The third-order valence-electron chi connectivity index (χ3n) is 2.06. The SMILES string of the molecule is C.C.C.C.NC(=O)CC[C@@H](N)C=O.NC(N)=NCCC[C@@H](N)C=O.[3H]C#C.[3H]C[3H]. The number of nitrogens with two attached hydrogens (primary N) is 5. The van der Waals surface area contributed by atoms with Gasteiger partial charge in [0.15, 0.2) is 5.96 Å². The molecule has 0 aromatic heterocycles. The van der Waals surface area contributed by atoms with E-state index >= 15 is 0 Å². The van der Waals surface area contributed by atoms with Crippen molar-refractivity contribution in [1.29, 1.82) is 0 Å². The number of guanidine groups is 1. The van der Waals surface area contributed by atoms with E-state index in [1.54, 1.807) is 0 Å². The molecule has 0 spiro atoms. The highest BCUT2D eigenvalue weighted by Gasteiger charge is 2.01. The number of carbonyl (C=O) groups excluding carboxylic acids is 3. The second-order valence-corrected chi connectivity index (χ2v) is 4.05. The summed E-state index contributed by atoms with van der Waals surface area (Å²) in [6, 6.07) is -0.929. The summed E-state index contributed by atoms with van der Waals surface area (Å²) < 4.78 is 17.5. The number of aldehydes is 2. The number of aliphatic imine (C=N–C) groups is 1. The van der Waals surface area contributed by atoms with Crippen LogP contribution in [0.3, 0.4) is 0 Å². The zero-order valence-electron chi connectivity index (χ0n) is 16.2. The fraction of sp³-hybridized carbons (Fsp3) is 0.667. The van der Waals surface area contributed by atoms with Crippen molar-refractivity contribution >= 4 is 24.4 Å². The van der Waals surface area contributed by atoms with Gasteiger partial charge in [-0.3, -0.25) is 9.79 Å². The number of hydrogen-bond donors (Lipinski definition) is 5. The molecule has 1 amide bonds. The highest BCUT2D eigenvalue weighted by Crippen LogP contribution is 1.91. The quantitative estimate of drug-likeness (QED) is 0.124. The molecule has 166 valence electrons. The molecule has 0 heterocycles. The van der Waals surface area contributed by atoms with Gasteiger partial charge in [-0.25, -0.2) is 0 Å². The van der Waals surface area contributed by atoms with Crippen LogP contribution in [0.4, 0.5) is 0 Å². The average Bonchev–Trinajstić information content (AvgIpc) is 2.58. The molecule has 0 fully saturated rings. The molecule has 0 aliphatic rings. The maximum Gasteiger partial charge on any atom is 0.217 e. The predicted octanol–water partition coefficient (Wildman–Crippen LogP) is 0.774. The van der Waals surface area contributed by atoms with Crippen LogP contribution in [-0.4, -0.2) is 43.1 Å². The molecule has 0 saturated carbocycles. The first kappa shape index (κ1) is 35.6. The Bertz CT molecular complexity index is 418. The van der Waals surface area contributed by atoms with Crippen LogP contribution in [0.2, 0.25) is 0 Å². The summed E-state index contributed by atoms with van der Waals surface area (Å²) in [5.74, 6) is -0.350. The Labute approximate surface area is 171 Å². The number of carbonyl (C=O) groups is 3. The molecule has 0 rings (SSSR count). The third kappa shape index (κ3) is 59.6. The Morgan fingerprint density at radius 2 is 1.41 bits per heavy atom. The van der Waals surface area contributed by atoms with E-state index in [-0.39, 0.29) is 55.5 Å². The van der Waals surface area contributed by atoms with Gasteiger partial charge in [-0.15, -0.1) is 12.8 Å². The second-order valence-electron chi connectivity index (χ2n) is 4.05. The van der Waals surface area contributed by atoms with E-state index in [2.05, 4.69) is 11.4 Å². The van der Waals surface area contributed by atoms with Crippen molar-refractivity contribution in [1.82, 2.24) is 0 Å². The van der Waals surface area contributed by atoms with Gasteiger partial charge in [-0.2, -0.15) is 0 Å². The van der Waals surface area contributed by atoms with Crippen LogP contribution in [0, 0.1) is 12.8 Å². The molecule has 0 unspecified atom stereocenters. The highest BCUT2D eigenvalue weighted by atomic mass is 16.1. The molecule has 27 heavy (non-hydrogen) atoms. The van der Waals surface area contributed by atoms with E-state index in [4.69, 9.17) is 32.8 Å². The Morgan fingerprint density at radius 1 is 1.04 bits per heavy atom. The first-order chi connectivity index (χ1) is 12.2. The molecule has 9 nitrogen and oxygen atoms in total. The van der Waals surface area contributed by atoms with Crippen molar-refractivity contribution in [3.05, 3.63) is 0 Å². The number of nitrogens with zero attached hydrogens (tertiary/aromatic N) is 1. The van der Waals surface area contributed by atoms with Crippen LogP contribution in [0.15, 0.2) is 4.99 Å². The maximum absolute atomic E-state index is 10.1.